The summed E-state index contributed by atoms with van der Waals surface area (Å²) in [6.07, 6.45) is 7.23. The number of ether oxygens (including phenoxy) is 1. The minimum Gasteiger partial charge on any atom is -0.378 e. The first-order valence-corrected chi connectivity index (χ1v) is 7.44. The number of thiazole rings is 1. The van der Waals surface area contributed by atoms with Gasteiger partial charge < -0.3 is 10.5 Å². The molecule has 1 aromatic rings. The molecule has 1 aromatic heterocycles. The molecule has 2 heterocycles. The van der Waals surface area contributed by atoms with E-state index in [1.165, 1.54) is 34.8 Å². The Kier molecular flexibility index (Phi) is 4.95. The second-order valence-electron chi connectivity index (χ2n) is 4.62. The number of rotatable bonds is 5. The molecule has 0 spiro atoms. The van der Waals surface area contributed by atoms with Crippen molar-refractivity contribution in [3.05, 3.63) is 15.6 Å². The third-order valence-electron chi connectivity index (χ3n) is 3.17. The molecule has 1 aliphatic rings. The molecular formula is C13H22N2OS. The number of hydrogen-bond acceptors (Lipinski definition) is 4. The molecule has 0 aromatic carbocycles. The summed E-state index contributed by atoms with van der Waals surface area (Å²) in [6.45, 7) is 3.73. The fourth-order valence-corrected chi connectivity index (χ4v) is 3.34. The van der Waals surface area contributed by atoms with Crippen LogP contribution < -0.4 is 5.73 Å². The third kappa shape index (κ3) is 3.50. The van der Waals surface area contributed by atoms with Crippen LogP contribution in [-0.2, 0) is 24.1 Å². The predicted octanol–water partition coefficient (Wildman–Crippen LogP) is 2.67. The maximum atomic E-state index is 5.77. The molecule has 3 nitrogen and oxygen atoms in total. The molecule has 0 bridgehead atoms. The molecule has 1 atom stereocenters. The number of aromatic nitrogens is 1. The van der Waals surface area contributed by atoms with Gasteiger partial charge in [0, 0.05) is 24.4 Å². The van der Waals surface area contributed by atoms with Crippen LogP contribution in [0.4, 0.5) is 0 Å². The highest BCUT2D eigenvalue weighted by molar-refractivity contribution is 7.11. The van der Waals surface area contributed by atoms with E-state index in [4.69, 9.17) is 15.5 Å². The molecule has 2 N–H and O–H groups in total. The molecule has 0 amide bonds. The smallest absolute Gasteiger partial charge is 0.0957 e. The standard InChI is InChI=1S/C13H22N2OS/c1-2-5-11-12(9-14)17-13(15-11)8-10-6-3-4-7-16-10/h10H,2-9,14H2,1H3. The van der Waals surface area contributed by atoms with Crippen molar-refractivity contribution in [1.82, 2.24) is 4.98 Å². The first-order chi connectivity index (χ1) is 8.33. The molecular weight excluding hydrogens is 232 g/mol. The molecule has 17 heavy (non-hydrogen) atoms. The lowest BCUT2D eigenvalue weighted by molar-refractivity contribution is 0.0167. The van der Waals surface area contributed by atoms with E-state index in [2.05, 4.69) is 6.92 Å². The van der Waals surface area contributed by atoms with Crippen LogP contribution in [-0.4, -0.2) is 17.7 Å². The maximum absolute atomic E-state index is 5.77. The summed E-state index contributed by atoms with van der Waals surface area (Å²) < 4.78 is 5.76. The summed E-state index contributed by atoms with van der Waals surface area (Å²) >= 11 is 1.78. The molecule has 1 unspecified atom stereocenters. The average molecular weight is 254 g/mol. The number of hydrogen-bond donors (Lipinski definition) is 1. The summed E-state index contributed by atoms with van der Waals surface area (Å²) in [6, 6.07) is 0. The lowest BCUT2D eigenvalue weighted by Gasteiger charge is -2.21. The molecule has 96 valence electrons. The summed E-state index contributed by atoms with van der Waals surface area (Å²) in [5.41, 5.74) is 6.98. The van der Waals surface area contributed by atoms with Crippen LogP contribution in [0.5, 0.6) is 0 Å². The number of nitrogens with two attached hydrogens (primary N) is 1. The lowest BCUT2D eigenvalue weighted by atomic mass is 10.1. The molecule has 0 radical (unpaired) electrons. The molecule has 2 rings (SSSR count). The topological polar surface area (TPSA) is 48.1 Å². The maximum Gasteiger partial charge on any atom is 0.0957 e. The molecule has 1 fully saturated rings. The summed E-state index contributed by atoms with van der Waals surface area (Å²) in [4.78, 5) is 5.99. The highest BCUT2D eigenvalue weighted by atomic mass is 32.1. The third-order valence-corrected chi connectivity index (χ3v) is 4.31. The summed E-state index contributed by atoms with van der Waals surface area (Å²) in [7, 11) is 0. The monoisotopic (exact) mass is 254 g/mol. The van der Waals surface area contributed by atoms with Crippen molar-refractivity contribution in [1.29, 1.82) is 0 Å². The zero-order valence-electron chi connectivity index (χ0n) is 10.6. The van der Waals surface area contributed by atoms with E-state index in [9.17, 15) is 0 Å². The van der Waals surface area contributed by atoms with Gasteiger partial charge in [-0.3, -0.25) is 0 Å². The van der Waals surface area contributed by atoms with Gasteiger partial charge in [-0.05, 0) is 25.7 Å². The molecule has 1 aliphatic heterocycles. The van der Waals surface area contributed by atoms with Crippen LogP contribution in [0.1, 0.15) is 48.2 Å². The van der Waals surface area contributed by atoms with E-state index in [1.807, 2.05) is 0 Å². The molecule has 1 saturated heterocycles. The molecule has 0 saturated carbocycles. The van der Waals surface area contributed by atoms with Crippen molar-refractivity contribution < 1.29 is 4.74 Å². The average Bonchev–Trinajstić information content (AvgIpc) is 2.73. The normalized spacial score (nSPS) is 20.7. The van der Waals surface area contributed by atoms with Gasteiger partial charge in [0.05, 0.1) is 16.8 Å². The fraction of sp³-hybridized carbons (Fsp3) is 0.769. The van der Waals surface area contributed by atoms with Crippen LogP contribution >= 0.6 is 11.3 Å². The highest BCUT2D eigenvalue weighted by Crippen LogP contribution is 2.24. The molecule has 0 aliphatic carbocycles. The fourth-order valence-electron chi connectivity index (χ4n) is 2.28. The van der Waals surface area contributed by atoms with E-state index in [0.717, 1.165) is 25.9 Å². The van der Waals surface area contributed by atoms with Crippen molar-refractivity contribution >= 4 is 11.3 Å². The molecule has 4 heteroatoms. The van der Waals surface area contributed by atoms with Crippen LogP contribution in [0.2, 0.25) is 0 Å². The van der Waals surface area contributed by atoms with Crippen molar-refractivity contribution in [3.63, 3.8) is 0 Å². The largest absolute Gasteiger partial charge is 0.378 e. The van der Waals surface area contributed by atoms with Crippen LogP contribution in [0.3, 0.4) is 0 Å². The Morgan fingerprint density at radius 3 is 3.00 bits per heavy atom. The predicted molar refractivity (Wildman–Crippen MR) is 71.3 cm³/mol. The van der Waals surface area contributed by atoms with Gasteiger partial charge in [-0.25, -0.2) is 4.98 Å². The number of nitrogens with zero attached hydrogens (tertiary/aromatic N) is 1. The van der Waals surface area contributed by atoms with Crippen LogP contribution in [0.25, 0.3) is 0 Å². The van der Waals surface area contributed by atoms with E-state index >= 15 is 0 Å². The van der Waals surface area contributed by atoms with Gasteiger partial charge >= 0.3 is 0 Å². The Bertz CT molecular complexity index is 345. The van der Waals surface area contributed by atoms with Gasteiger partial charge in [0.1, 0.15) is 0 Å². The number of aryl methyl sites for hydroxylation is 1. The van der Waals surface area contributed by atoms with Crippen molar-refractivity contribution in [2.24, 2.45) is 5.73 Å². The SMILES string of the molecule is CCCc1nc(CC2CCCCO2)sc1CN. The Labute approximate surface area is 107 Å². The van der Waals surface area contributed by atoms with Crippen LogP contribution in [0.15, 0.2) is 0 Å². The second kappa shape index (κ2) is 6.47. The summed E-state index contributed by atoms with van der Waals surface area (Å²) in [5, 5.41) is 1.21. The zero-order valence-corrected chi connectivity index (χ0v) is 11.4. The first-order valence-electron chi connectivity index (χ1n) is 6.62. The Morgan fingerprint density at radius 1 is 1.47 bits per heavy atom. The van der Waals surface area contributed by atoms with E-state index in [-0.39, 0.29) is 0 Å². The van der Waals surface area contributed by atoms with E-state index in [1.54, 1.807) is 11.3 Å². The van der Waals surface area contributed by atoms with Crippen molar-refractivity contribution in [3.8, 4) is 0 Å². The highest BCUT2D eigenvalue weighted by Gasteiger charge is 2.17. The first kappa shape index (κ1) is 13.0. The van der Waals surface area contributed by atoms with Crippen molar-refractivity contribution in [2.45, 2.75) is 58.1 Å². The second-order valence-corrected chi connectivity index (χ2v) is 5.79. The van der Waals surface area contributed by atoms with E-state index < -0.39 is 0 Å². The quantitative estimate of drug-likeness (QED) is 0.879. The zero-order chi connectivity index (χ0) is 12.1. The van der Waals surface area contributed by atoms with Gasteiger partial charge in [0.25, 0.3) is 0 Å². The minimum absolute atomic E-state index is 0.384. The Balaban J connectivity index is 1.99. The van der Waals surface area contributed by atoms with E-state index in [0.29, 0.717) is 12.6 Å². The minimum atomic E-state index is 0.384. The lowest BCUT2D eigenvalue weighted by Crippen LogP contribution is -2.21. The summed E-state index contributed by atoms with van der Waals surface area (Å²) in [5.74, 6) is 0. The Morgan fingerprint density at radius 2 is 2.35 bits per heavy atom. The van der Waals surface area contributed by atoms with Gasteiger partial charge in [-0.1, -0.05) is 13.3 Å². The van der Waals surface area contributed by atoms with Crippen LogP contribution in [0, 0.1) is 0 Å². The van der Waals surface area contributed by atoms with Gasteiger partial charge in [0.2, 0.25) is 0 Å². The van der Waals surface area contributed by atoms with Gasteiger partial charge in [0.15, 0.2) is 0 Å². The Hall–Kier alpha value is -0.450. The van der Waals surface area contributed by atoms with Gasteiger partial charge in [-0.15, -0.1) is 11.3 Å². The van der Waals surface area contributed by atoms with Gasteiger partial charge in [-0.2, -0.15) is 0 Å². The van der Waals surface area contributed by atoms with Crippen molar-refractivity contribution in [2.75, 3.05) is 6.61 Å².